The molecule has 15 heavy (non-hydrogen) atoms. The number of rotatable bonds is 4. The van der Waals surface area contributed by atoms with Crippen LogP contribution in [0.25, 0.3) is 0 Å². The van der Waals surface area contributed by atoms with Crippen LogP contribution in [-0.2, 0) is 6.54 Å². The normalized spacial score (nSPS) is 9.20. The first-order valence-corrected chi connectivity index (χ1v) is 4.56. The Morgan fingerprint density at radius 1 is 1.73 bits per heavy atom. The molecule has 1 amide bonds. The quantitative estimate of drug-likeness (QED) is 0.619. The van der Waals surface area contributed by atoms with E-state index in [1.807, 2.05) is 0 Å². The summed E-state index contributed by atoms with van der Waals surface area (Å²) in [6.07, 6.45) is 1.56. The molecule has 6 heteroatoms. The molecule has 0 atom stereocenters. The average molecular weight is 207 g/mol. The maximum Gasteiger partial charge on any atom is 0.274 e. The zero-order valence-corrected chi connectivity index (χ0v) is 8.53. The highest BCUT2D eigenvalue weighted by molar-refractivity contribution is 5.91. The molecule has 0 aromatic carbocycles. The van der Waals surface area contributed by atoms with Crippen LogP contribution in [0.2, 0.25) is 0 Å². The lowest BCUT2D eigenvalue weighted by Gasteiger charge is -1.95. The monoisotopic (exact) mass is 207 g/mol. The van der Waals surface area contributed by atoms with Crippen LogP contribution in [0.3, 0.4) is 0 Å². The van der Waals surface area contributed by atoms with Gasteiger partial charge in [0.1, 0.15) is 0 Å². The standard InChI is InChI=1S/C9H13N5O/c1-2-3-5-11-9(15)8-7-14(6-4-10)13-12-8/h7H,4-6,10H2,1H3,(H,11,15). The first-order valence-electron chi connectivity index (χ1n) is 4.56. The Bertz CT molecular complexity index is 387. The molecule has 0 radical (unpaired) electrons. The second kappa shape index (κ2) is 5.78. The van der Waals surface area contributed by atoms with E-state index in [4.69, 9.17) is 5.73 Å². The van der Waals surface area contributed by atoms with Crippen LogP contribution in [0.4, 0.5) is 0 Å². The van der Waals surface area contributed by atoms with Crippen molar-refractivity contribution in [1.82, 2.24) is 20.3 Å². The summed E-state index contributed by atoms with van der Waals surface area (Å²) >= 11 is 0. The fraction of sp³-hybridized carbons (Fsp3) is 0.444. The summed E-state index contributed by atoms with van der Waals surface area (Å²) in [5, 5.41) is 10.1. The molecule has 0 saturated heterocycles. The van der Waals surface area contributed by atoms with E-state index in [1.54, 1.807) is 13.1 Å². The molecule has 1 rings (SSSR count). The number of nitrogens with two attached hydrogens (primary N) is 1. The van der Waals surface area contributed by atoms with Crippen molar-refractivity contribution in [3.8, 4) is 11.8 Å². The lowest BCUT2D eigenvalue weighted by Crippen LogP contribution is -2.23. The van der Waals surface area contributed by atoms with Gasteiger partial charge >= 0.3 is 0 Å². The molecule has 0 aliphatic carbocycles. The van der Waals surface area contributed by atoms with Crippen molar-refractivity contribution in [3.63, 3.8) is 0 Å². The third-order valence-corrected chi connectivity index (χ3v) is 1.64. The van der Waals surface area contributed by atoms with Gasteiger partial charge in [-0.15, -0.1) is 11.0 Å². The van der Waals surface area contributed by atoms with Gasteiger partial charge in [0.15, 0.2) is 5.69 Å². The van der Waals surface area contributed by atoms with E-state index < -0.39 is 0 Å². The van der Waals surface area contributed by atoms with Crippen molar-refractivity contribution >= 4 is 5.91 Å². The van der Waals surface area contributed by atoms with E-state index in [1.165, 1.54) is 4.68 Å². The lowest BCUT2D eigenvalue weighted by molar-refractivity contribution is 0.0953. The highest BCUT2D eigenvalue weighted by Crippen LogP contribution is 1.91. The number of aromatic nitrogens is 3. The molecule has 0 bridgehead atoms. The fourth-order valence-electron chi connectivity index (χ4n) is 0.947. The van der Waals surface area contributed by atoms with Gasteiger partial charge in [-0.25, -0.2) is 0 Å². The first-order chi connectivity index (χ1) is 7.27. The van der Waals surface area contributed by atoms with Gasteiger partial charge in [-0.3, -0.25) is 9.48 Å². The van der Waals surface area contributed by atoms with Crippen LogP contribution in [0.1, 0.15) is 17.4 Å². The van der Waals surface area contributed by atoms with Crippen LogP contribution in [-0.4, -0.2) is 34.0 Å². The molecule has 0 unspecified atom stereocenters. The van der Waals surface area contributed by atoms with Crippen LogP contribution in [0.15, 0.2) is 6.20 Å². The molecular formula is C9H13N5O. The maximum absolute atomic E-state index is 11.4. The number of carbonyl (C=O) groups excluding carboxylic acids is 1. The molecule has 0 saturated carbocycles. The molecule has 3 N–H and O–H groups in total. The minimum absolute atomic E-state index is 0.277. The predicted octanol–water partition coefficient (Wildman–Crippen LogP) is -1.01. The van der Waals surface area contributed by atoms with Crippen LogP contribution in [0.5, 0.6) is 0 Å². The zero-order chi connectivity index (χ0) is 11.1. The maximum atomic E-state index is 11.4. The summed E-state index contributed by atoms with van der Waals surface area (Å²) in [6, 6.07) is 0. The van der Waals surface area contributed by atoms with E-state index in [0.717, 1.165) is 0 Å². The SMILES string of the molecule is CC#CCNC(=O)c1cn(CCN)nn1. The molecule has 1 aromatic rings. The molecule has 1 aromatic heterocycles. The Balaban J connectivity index is 2.52. The third-order valence-electron chi connectivity index (χ3n) is 1.64. The second-order valence-corrected chi connectivity index (χ2v) is 2.76. The molecule has 0 fully saturated rings. The Hall–Kier alpha value is -1.87. The van der Waals surface area contributed by atoms with E-state index >= 15 is 0 Å². The highest BCUT2D eigenvalue weighted by Gasteiger charge is 2.08. The Labute approximate surface area is 87.8 Å². The zero-order valence-electron chi connectivity index (χ0n) is 8.53. The molecule has 1 heterocycles. The fourth-order valence-corrected chi connectivity index (χ4v) is 0.947. The minimum Gasteiger partial charge on any atom is -0.340 e. The van der Waals surface area contributed by atoms with Crippen molar-refractivity contribution < 1.29 is 4.79 Å². The predicted molar refractivity (Wildman–Crippen MR) is 54.9 cm³/mol. The second-order valence-electron chi connectivity index (χ2n) is 2.76. The van der Waals surface area contributed by atoms with Gasteiger partial charge in [0.05, 0.1) is 19.3 Å². The Kier molecular flexibility index (Phi) is 4.31. The van der Waals surface area contributed by atoms with E-state index in [0.29, 0.717) is 19.6 Å². The number of nitrogens with zero attached hydrogens (tertiary/aromatic N) is 3. The summed E-state index contributed by atoms with van der Waals surface area (Å²) < 4.78 is 1.53. The van der Waals surface area contributed by atoms with Gasteiger partial charge in [0.2, 0.25) is 0 Å². The van der Waals surface area contributed by atoms with Crippen LogP contribution >= 0.6 is 0 Å². The smallest absolute Gasteiger partial charge is 0.274 e. The van der Waals surface area contributed by atoms with Crippen molar-refractivity contribution in [3.05, 3.63) is 11.9 Å². The molecule has 80 valence electrons. The van der Waals surface area contributed by atoms with Crippen LogP contribution in [0, 0.1) is 11.8 Å². The topological polar surface area (TPSA) is 85.8 Å². The van der Waals surface area contributed by atoms with E-state index in [-0.39, 0.29) is 11.6 Å². The van der Waals surface area contributed by atoms with Crippen molar-refractivity contribution in [1.29, 1.82) is 0 Å². The van der Waals surface area contributed by atoms with Crippen molar-refractivity contribution in [2.45, 2.75) is 13.5 Å². The number of nitrogens with one attached hydrogen (secondary N) is 1. The third kappa shape index (κ3) is 3.40. The Morgan fingerprint density at radius 2 is 2.53 bits per heavy atom. The highest BCUT2D eigenvalue weighted by atomic mass is 16.1. The largest absolute Gasteiger partial charge is 0.340 e. The summed E-state index contributed by atoms with van der Waals surface area (Å²) in [7, 11) is 0. The molecule has 0 aliphatic heterocycles. The molecule has 6 nitrogen and oxygen atoms in total. The lowest BCUT2D eigenvalue weighted by atomic mass is 10.4. The minimum atomic E-state index is -0.277. The van der Waals surface area contributed by atoms with Gasteiger partial charge in [-0.05, 0) is 6.92 Å². The van der Waals surface area contributed by atoms with Gasteiger partial charge in [0.25, 0.3) is 5.91 Å². The van der Waals surface area contributed by atoms with Gasteiger partial charge in [-0.2, -0.15) is 0 Å². The number of hydrogen-bond donors (Lipinski definition) is 2. The summed E-state index contributed by atoms with van der Waals surface area (Å²) in [5.74, 6) is 5.12. The number of hydrogen-bond acceptors (Lipinski definition) is 4. The molecule has 0 spiro atoms. The Morgan fingerprint density at radius 3 is 3.20 bits per heavy atom. The van der Waals surface area contributed by atoms with Crippen molar-refractivity contribution in [2.75, 3.05) is 13.1 Å². The molecule has 0 aliphatic rings. The molecular weight excluding hydrogens is 194 g/mol. The first kappa shape index (κ1) is 11.2. The summed E-state index contributed by atoms with van der Waals surface area (Å²) in [5.41, 5.74) is 5.62. The van der Waals surface area contributed by atoms with Gasteiger partial charge in [0, 0.05) is 6.54 Å². The summed E-state index contributed by atoms with van der Waals surface area (Å²) in [4.78, 5) is 11.4. The van der Waals surface area contributed by atoms with E-state index in [2.05, 4.69) is 27.5 Å². The number of carbonyl (C=O) groups is 1. The van der Waals surface area contributed by atoms with Crippen molar-refractivity contribution in [2.24, 2.45) is 5.73 Å². The van der Waals surface area contributed by atoms with Gasteiger partial charge < -0.3 is 11.1 Å². The average Bonchev–Trinajstić information content (AvgIpc) is 2.67. The summed E-state index contributed by atoms with van der Waals surface area (Å²) in [6.45, 7) is 3.05. The number of amides is 1. The van der Waals surface area contributed by atoms with Crippen LogP contribution < -0.4 is 11.1 Å². The van der Waals surface area contributed by atoms with E-state index in [9.17, 15) is 4.79 Å². The van der Waals surface area contributed by atoms with Gasteiger partial charge in [-0.1, -0.05) is 11.1 Å².